The second-order valence-electron chi connectivity index (χ2n) is 8.68. The van der Waals surface area contributed by atoms with E-state index in [4.69, 9.17) is 0 Å². The molecule has 0 bridgehead atoms. The first kappa shape index (κ1) is 19.0. The maximum atomic E-state index is 4.00. The van der Waals surface area contributed by atoms with Gasteiger partial charge in [0.2, 0.25) is 0 Å². The van der Waals surface area contributed by atoms with Crippen LogP contribution in [0.25, 0.3) is 0 Å². The monoisotopic (exact) mass is 320 g/mol. The van der Waals surface area contributed by atoms with Crippen molar-refractivity contribution in [2.45, 2.75) is 65.7 Å². The molecule has 2 aliphatic heterocycles. The molecule has 2 fully saturated rings. The van der Waals surface area contributed by atoms with Crippen LogP contribution < -0.4 is 0 Å². The van der Waals surface area contributed by atoms with Crippen LogP contribution in [0.5, 0.6) is 0 Å². The molecule has 0 radical (unpaired) electrons. The van der Waals surface area contributed by atoms with Crippen LogP contribution in [0.2, 0.25) is 0 Å². The molecule has 2 rings (SSSR count). The highest BCUT2D eigenvalue weighted by molar-refractivity contribution is 4.91. The van der Waals surface area contributed by atoms with Crippen molar-refractivity contribution >= 4 is 0 Å². The molecule has 23 heavy (non-hydrogen) atoms. The Bertz CT molecular complexity index is 334. The number of nitrogens with zero attached hydrogens (tertiary/aromatic N) is 2. The molecule has 0 aliphatic carbocycles. The average Bonchev–Trinajstić information content (AvgIpc) is 2.52. The summed E-state index contributed by atoms with van der Waals surface area (Å²) in [4.78, 5) is 5.44. The standard InChI is InChI=1S/C21H40N2/c1-5-9-21(10-6-2)11-15-23(16-12-21)18-20-7-13-22(14-8-20)17-19(3)4/h5,19-20H,1,6-18H2,2-4H3. The summed E-state index contributed by atoms with van der Waals surface area (Å²) in [6, 6.07) is 0. The first-order valence-corrected chi connectivity index (χ1v) is 10.1. The maximum Gasteiger partial charge on any atom is 0.00106 e. The highest BCUT2D eigenvalue weighted by atomic mass is 15.2. The lowest BCUT2D eigenvalue weighted by molar-refractivity contribution is 0.0700. The molecule has 2 aliphatic rings. The van der Waals surface area contributed by atoms with Gasteiger partial charge < -0.3 is 9.80 Å². The predicted octanol–water partition coefficient (Wildman–Crippen LogP) is 4.81. The summed E-state index contributed by atoms with van der Waals surface area (Å²) in [7, 11) is 0. The van der Waals surface area contributed by atoms with Gasteiger partial charge in [-0.15, -0.1) is 6.58 Å². The van der Waals surface area contributed by atoms with E-state index in [9.17, 15) is 0 Å². The van der Waals surface area contributed by atoms with Crippen molar-refractivity contribution < 1.29 is 0 Å². The van der Waals surface area contributed by atoms with Crippen molar-refractivity contribution in [3.8, 4) is 0 Å². The van der Waals surface area contributed by atoms with Gasteiger partial charge in [-0.25, -0.2) is 0 Å². The Labute approximate surface area is 145 Å². The molecular formula is C21H40N2. The summed E-state index contributed by atoms with van der Waals surface area (Å²) in [5.74, 6) is 1.75. The van der Waals surface area contributed by atoms with Crippen LogP contribution in [0.3, 0.4) is 0 Å². The van der Waals surface area contributed by atoms with Gasteiger partial charge >= 0.3 is 0 Å². The zero-order chi connectivity index (χ0) is 16.7. The van der Waals surface area contributed by atoms with E-state index in [1.54, 1.807) is 0 Å². The molecule has 0 atom stereocenters. The molecule has 0 aromatic carbocycles. The first-order chi connectivity index (χ1) is 11.1. The van der Waals surface area contributed by atoms with Crippen molar-refractivity contribution in [1.82, 2.24) is 9.80 Å². The van der Waals surface area contributed by atoms with Crippen LogP contribution in [-0.2, 0) is 0 Å². The second-order valence-corrected chi connectivity index (χ2v) is 8.68. The Hall–Kier alpha value is -0.340. The van der Waals surface area contributed by atoms with Gasteiger partial charge in [0.05, 0.1) is 0 Å². The lowest BCUT2D eigenvalue weighted by Crippen LogP contribution is -2.44. The Morgan fingerprint density at radius 3 is 2.26 bits per heavy atom. The van der Waals surface area contributed by atoms with Crippen molar-refractivity contribution in [3.63, 3.8) is 0 Å². The second kappa shape index (κ2) is 9.22. The zero-order valence-corrected chi connectivity index (χ0v) is 16.0. The fourth-order valence-electron chi connectivity index (χ4n) is 4.84. The predicted molar refractivity (Wildman–Crippen MR) is 102 cm³/mol. The summed E-state index contributed by atoms with van der Waals surface area (Å²) in [6.45, 7) is 19.0. The summed E-state index contributed by atoms with van der Waals surface area (Å²) in [5, 5.41) is 0. The van der Waals surface area contributed by atoms with E-state index < -0.39 is 0 Å². The zero-order valence-electron chi connectivity index (χ0n) is 16.0. The first-order valence-electron chi connectivity index (χ1n) is 10.1. The van der Waals surface area contributed by atoms with E-state index in [2.05, 4.69) is 43.2 Å². The number of hydrogen-bond donors (Lipinski definition) is 0. The molecule has 134 valence electrons. The Balaban J connectivity index is 1.71. The van der Waals surface area contributed by atoms with Crippen molar-refractivity contribution in [1.29, 1.82) is 0 Å². The molecule has 2 heteroatoms. The fraction of sp³-hybridized carbons (Fsp3) is 0.905. The van der Waals surface area contributed by atoms with Crippen molar-refractivity contribution in [2.24, 2.45) is 17.3 Å². The minimum absolute atomic E-state index is 0.577. The van der Waals surface area contributed by atoms with Crippen LogP contribution in [0.4, 0.5) is 0 Å². The van der Waals surface area contributed by atoms with Crippen molar-refractivity contribution in [2.75, 3.05) is 39.3 Å². The van der Waals surface area contributed by atoms with Crippen LogP contribution in [0, 0.1) is 17.3 Å². The third-order valence-corrected chi connectivity index (χ3v) is 6.12. The van der Waals surface area contributed by atoms with Crippen LogP contribution in [0.15, 0.2) is 12.7 Å². The molecule has 0 unspecified atom stereocenters. The van der Waals surface area contributed by atoms with Gasteiger partial charge in [-0.1, -0.05) is 33.3 Å². The number of piperidine rings is 2. The van der Waals surface area contributed by atoms with Crippen LogP contribution in [0.1, 0.15) is 65.7 Å². The van der Waals surface area contributed by atoms with E-state index in [1.165, 1.54) is 84.2 Å². The van der Waals surface area contributed by atoms with Crippen molar-refractivity contribution in [3.05, 3.63) is 12.7 Å². The Kier molecular flexibility index (Phi) is 7.62. The molecule has 0 amide bonds. The molecule has 2 saturated heterocycles. The third-order valence-electron chi connectivity index (χ3n) is 6.12. The molecule has 0 saturated carbocycles. The summed E-state index contributed by atoms with van der Waals surface area (Å²) >= 11 is 0. The Morgan fingerprint density at radius 2 is 1.74 bits per heavy atom. The Morgan fingerprint density at radius 1 is 1.09 bits per heavy atom. The molecule has 0 aromatic rings. The topological polar surface area (TPSA) is 6.48 Å². The lowest BCUT2D eigenvalue weighted by Gasteiger charge is -2.43. The summed E-state index contributed by atoms with van der Waals surface area (Å²) in [6.07, 6.45) is 11.7. The van der Waals surface area contributed by atoms with Gasteiger partial charge in [0.25, 0.3) is 0 Å². The number of hydrogen-bond acceptors (Lipinski definition) is 2. The van der Waals surface area contributed by atoms with Gasteiger partial charge in [0, 0.05) is 13.1 Å². The fourth-order valence-corrected chi connectivity index (χ4v) is 4.84. The van der Waals surface area contributed by atoms with Crippen LogP contribution in [-0.4, -0.2) is 49.1 Å². The highest BCUT2D eigenvalue weighted by Gasteiger charge is 2.33. The molecule has 0 aromatic heterocycles. The molecule has 0 spiro atoms. The quantitative estimate of drug-likeness (QED) is 0.592. The van der Waals surface area contributed by atoms with Gasteiger partial charge in [-0.05, 0) is 82.0 Å². The van der Waals surface area contributed by atoms with Gasteiger partial charge in [-0.2, -0.15) is 0 Å². The van der Waals surface area contributed by atoms with Gasteiger partial charge in [-0.3, -0.25) is 0 Å². The smallest absolute Gasteiger partial charge is 0.00106 e. The van der Waals surface area contributed by atoms with Crippen LogP contribution >= 0.6 is 0 Å². The average molecular weight is 321 g/mol. The van der Waals surface area contributed by atoms with E-state index in [0.717, 1.165) is 11.8 Å². The minimum atomic E-state index is 0.577. The minimum Gasteiger partial charge on any atom is -0.303 e. The van der Waals surface area contributed by atoms with E-state index in [0.29, 0.717) is 5.41 Å². The molecule has 2 nitrogen and oxygen atoms in total. The normalized spacial score (nSPS) is 24.2. The maximum absolute atomic E-state index is 4.00. The van der Waals surface area contributed by atoms with E-state index >= 15 is 0 Å². The third kappa shape index (κ3) is 5.90. The van der Waals surface area contributed by atoms with Gasteiger partial charge in [0.1, 0.15) is 0 Å². The molecular weight excluding hydrogens is 280 g/mol. The summed E-state index contributed by atoms with van der Waals surface area (Å²) < 4.78 is 0. The highest BCUT2D eigenvalue weighted by Crippen LogP contribution is 2.40. The summed E-state index contributed by atoms with van der Waals surface area (Å²) in [5.41, 5.74) is 0.577. The SMILES string of the molecule is C=CCC1(CCC)CCN(CC2CCN(CC(C)C)CC2)CC1. The van der Waals surface area contributed by atoms with E-state index in [-0.39, 0.29) is 0 Å². The number of allylic oxidation sites excluding steroid dienone is 1. The van der Waals surface area contributed by atoms with E-state index in [1.807, 2.05) is 0 Å². The molecule has 2 heterocycles. The lowest BCUT2D eigenvalue weighted by atomic mass is 9.72. The number of rotatable bonds is 8. The number of likely N-dealkylation sites (tertiary alicyclic amines) is 2. The largest absolute Gasteiger partial charge is 0.303 e. The van der Waals surface area contributed by atoms with Gasteiger partial charge in [0.15, 0.2) is 0 Å². The molecule has 0 N–H and O–H groups in total.